The maximum atomic E-state index is 12.2. The van der Waals surface area contributed by atoms with Gasteiger partial charge in [-0.15, -0.1) is 11.3 Å². The SMILES string of the molecule is CS(=O)(=O)Nc1ccccc1C(=O)OCc1nc(-c2cccs2)no1. The fraction of sp³-hybridized carbons (Fsp3) is 0.133. The summed E-state index contributed by atoms with van der Waals surface area (Å²) in [5.74, 6) is -0.145. The molecule has 0 spiro atoms. The molecule has 0 aliphatic carbocycles. The number of aromatic nitrogens is 2. The maximum absolute atomic E-state index is 12.2. The number of esters is 1. The number of hydrogen-bond donors (Lipinski definition) is 1. The van der Waals surface area contributed by atoms with E-state index in [2.05, 4.69) is 14.9 Å². The van der Waals surface area contributed by atoms with Crippen LogP contribution in [0.5, 0.6) is 0 Å². The van der Waals surface area contributed by atoms with Gasteiger partial charge in [-0.25, -0.2) is 13.2 Å². The van der Waals surface area contributed by atoms with Gasteiger partial charge in [-0.2, -0.15) is 4.98 Å². The molecule has 8 nitrogen and oxygen atoms in total. The average Bonchev–Trinajstić information content (AvgIpc) is 3.23. The van der Waals surface area contributed by atoms with E-state index in [4.69, 9.17) is 9.26 Å². The van der Waals surface area contributed by atoms with E-state index in [9.17, 15) is 13.2 Å². The van der Waals surface area contributed by atoms with Crippen LogP contribution >= 0.6 is 11.3 Å². The molecule has 0 saturated heterocycles. The summed E-state index contributed by atoms with van der Waals surface area (Å²) in [5, 5.41) is 5.70. The lowest BCUT2D eigenvalue weighted by Crippen LogP contribution is -2.14. The van der Waals surface area contributed by atoms with Crippen molar-refractivity contribution >= 4 is 33.0 Å². The summed E-state index contributed by atoms with van der Waals surface area (Å²) in [5.41, 5.74) is 0.228. The minimum atomic E-state index is -3.52. The van der Waals surface area contributed by atoms with Crippen molar-refractivity contribution in [1.82, 2.24) is 10.1 Å². The van der Waals surface area contributed by atoms with Crippen molar-refractivity contribution in [2.75, 3.05) is 11.0 Å². The van der Waals surface area contributed by atoms with Gasteiger partial charge in [-0.05, 0) is 23.6 Å². The van der Waals surface area contributed by atoms with Gasteiger partial charge >= 0.3 is 5.97 Å². The normalized spacial score (nSPS) is 11.2. The summed E-state index contributed by atoms with van der Waals surface area (Å²) in [4.78, 5) is 17.2. The molecule has 3 rings (SSSR count). The number of hydrogen-bond acceptors (Lipinski definition) is 8. The van der Waals surface area contributed by atoms with E-state index in [1.54, 1.807) is 12.1 Å². The van der Waals surface area contributed by atoms with Crippen LogP contribution in [0.4, 0.5) is 5.69 Å². The molecule has 0 amide bonds. The molecule has 2 heterocycles. The van der Waals surface area contributed by atoms with Gasteiger partial charge in [0.25, 0.3) is 5.89 Å². The highest BCUT2D eigenvalue weighted by Gasteiger charge is 2.17. The number of carbonyl (C=O) groups excluding carboxylic acids is 1. The molecule has 0 atom stereocenters. The summed E-state index contributed by atoms with van der Waals surface area (Å²) in [6, 6.07) is 9.85. The lowest BCUT2D eigenvalue weighted by Gasteiger charge is -2.09. The zero-order valence-electron chi connectivity index (χ0n) is 13.0. The van der Waals surface area contributed by atoms with E-state index in [0.717, 1.165) is 11.1 Å². The highest BCUT2D eigenvalue weighted by atomic mass is 32.2. The number of para-hydroxylation sites is 1. The topological polar surface area (TPSA) is 111 Å². The van der Waals surface area contributed by atoms with Crippen molar-refractivity contribution in [3.05, 3.63) is 53.2 Å². The number of thiophene rings is 1. The second-order valence-electron chi connectivity index (χ2n) is 4.98. The Labute approximate surface area is 147 Å². The van der Waals surface area contributed by atoms with Gasteiger partial charge < -0.3 is 9.26 Å². The van der Waals surface area contributed by atoms with Crippen molar-refractivity contribution in [2.45, 2.75) is 6.61 Å². The molecule has 1 aromatic carbocycles. The number of ether oxygens (including phenoxy) is 1. The van der Waals surface area contributed by atoms with Gasteiger partial charge in [0.05, 0.1) is 22.4 Å². The Morgan fingerprint density at radius 1 is 1.28 bits per heavy atom. The van der Waals surface area contributed by atoms with Gasteiger partial charge in [-0.3, -0.25) is 4.72 Å². The number of benzene rings is 1. The summed E-state index contributed by atoms with van der Waals surface area (Å²) in [7, 11) is -3.52. The summed E-state index contributed by atoms with van der Waals surface area (Å²) in [6.45, 7) is -0.218. The molecule has 130 valence electrons. The van der Waals surface area contributed by atoms with E-state index in [1.807, 2.05) is 17.5 Å². The Morgan fingerprint density at radius 3 is 2.80 bits per heavy atom. The second kappa shape index (κ2) is 7.03. The zero-order chi connectivity index (χ0) is 17.9. The van der Waals surface area contributed by atoms with Gasteiger partial charge in [0.15, 0.2) is 6.61 Å². The van der Waals surface area contributed by atoms with Crippen LogP contribution in [0, 0.1) is 0 Å². The minimum absolute atomic E-state index is 0.0888. The van der Waals surface area contributed by atoms with Crippen LogP contribution in [0.15, 0.2) is 46.3 Å². The number of rotatable bonds is 6. The summed E-state index contributed by atoms with van der Waals surface area (Å²) in [6.07, 6.45) is 1.000. The molecule has 1 N–H and O–H groups in total. The van der Waals surface area contributed by atoms with Crippen molar-refractivity contribution in [3.63, 3.8) is 0 Å². The fourth-order valence-electron chi connectivity index (χ4n) is 1.97. The van der Waals surface area contributed by atoms with E-state index in [-0.39, 0.29) is 23.7 Å². The van der Waals surface area contributed by atoms with Crippen molar-refractivity contribution in [1.29, 1.82) is 0 Å². The Morgan fingerprint density at radius 2 is 2.08 bits per heavy atom. The Kier molecular flexibility index (Phi) is 4.81. The average molecular weight is 379 g/mol. The van der Waals surface area contributed by atoms with Crippen LogP contribution in [-0.4, -0.2) is 30.8 Å². The standard InChI is InChI=1S/C15H13N3O5S2/c1-25(20,21)18-11-6-3-2-5-10(11)15(19)22-9-13-16-14(17-23-13)12-7-4-8-24-12/h2-8,18H,9H2,1H3. The molecule has 3 aromatic rings. The van der Waals surface area contributed by atoms with Gasteiger partial charge in [0.2, 0.25) is 15.8 Å². The van der Waals surface area contributed by atoms with Crippen LogP contribution in [0.3, 0.4) is 0 Å². The number of carbonyl (C=O) groups is 1. The predicted molar refractivity (Wildman–Crippen MR) is 91.6 cm³/mol. The molecule has 0 bridgehead atoms. The fourth-order valence-corrected chi connectivity index (χ4v) is 3.20. The van der Waals surface area contributed by atoms with Crippen molar-refractivity contribution in [3.8, 4) is 10.7 Å². The van der Waals surface area contributed by atoms with E-state index in [0.29, 0.717) is 5.82 Å². The lowest BCUT2D eigenvalue weighted by atomic mass is 10.2. The van der Waals surface area contributed by atoms with Crippen LogP contribution in [0.2, 0.25) is 0 Å². The largest absolute Gasteiger partial charge is 0.452 e. The van der Waals surface area contributed by atoms with Crippen LogP contribution < -0.4 is 4.72 Å². The van der Waals surface area contributed by atoms with Crippen LogP contribution in [0.1, 0.15) is 16.2 Å². The molecule has 0 unspecified atom stereocenters. The third-order valence-electron chi connectivity index (χ3n) is 2.98. The first kappa shape index (κ1) is 17.1. The highest BCUT2D eigenvalue weighted by molar-refractivity contribution is 7.92. The summed E-state index contributed by atoms with van der Waals surface area (Å²) >= 11 is 1.46. The first-order valence-corrected chi connectivity index (χ1v) is 9.80. The van der Waals surface area contributed by atoms with Gasteiger partial charge in [0.1, 0.15) is 0 Å². The molecule has 0 aliphatic heterocycles. The van der Waals surface area contributed by atoms with E-state index >= 15 is 0 Å². The molecule has 0 saturated carbocycles. The summed E-state index contributed by atoms with van der Waals surface area (Å²) < 4.78 is 35.2. The molecular weight excluding hydrogens is 366 g/mol. The van der Waals surface area contributed by atoms with Gasteiger partial charge in [0, 0.05) is 0 Å². The van der Waals surface area contributed by atoms with Crippen molar-refractivity contribution < 1.29 is 22.5 Å². The van der Waals surface area contributed by atoms with Crippen LogP contribution in [-0.2, 0) is 21.4 Å². The Hall–Kier alpha value is -2.72. The highest BCUT2D eigenvalue weighted by Crippen LogP contribution is 2.22. The molecule has 0 fully saturated rings. The first-order valence-electron chi connectivity index (χ1n) is 7.03. The number of nitrogens with one attached hydrogen (secondary N) is 1. The second-order valence-corrected chi connectivity index (χ2v) is 7.68. The number of sulfonamides is 1. The maximum Gasteiger partial charge on any atom is 0.340 e. The first-order chi connectivity index (χ1) is 11.9. The molecule has 25 heavy (non-hydrogen) atoms. The molecular formula is C15H13N3O5S2. The molecule has 0 aliphatic rings. The van der Waals surface area contributed by atoms with Crippen LogP contribution in [0.25, 0.3) is 10.7 Å². The van der Waals surface area contributed by atoms with E-state index in [1.165, 1.54) is 23.5 Å². The molecule has 10 heteroatoms. The molecule has 2 aromatic heterocycles. The quantitative estimate of drug-likeness (QED) is 0.655. The van der Waals surface area contributed by atoms with E-state index < -0.39 is 16.0 Å². The smallest absolute Gasteiger partial charge is 0.340 e. The number of nitrogens with zero attached hydrogens (tertiary/aromatic N) is 2. The zero-order valence-corrected chi connectivity index (χ0v) is 14.6. The van der Waals surface area contributed by atoms with Gasteiger partial charge in [-0.1, -0.05) is 23.4 Å². The minimum Gasteiger partial charge on any atom is -0.452 e. The number of anilines is 1. The third-order valence-corrected chi connectivity index (χ3v) is 4.44. The molecule has 0 radical (unpaired) electrons. The Balaban J connectivity index is 1.69. The Bertz CT molecular complexity index is 980. The van der Waals surface area contributed by atoms with Crippen molar-refractivity contribution in [2.24, 2.45) is 0 Å². The monoisotopic (exact) mass is 379 g/mol. The third kappa shape index (κ3) is 4.43. The predicted octanol–water partition coefficient (Wildman–Crippen LogP) is 2.53. The lowest BCUT2D eigenvalue weighted by molar-refractivity contribution is 0.0431.